The van der Waals surface area contributed by atoms with Gasteiger partial charge in [-0.15, -0.1) is 11.3 Å². The number of morpholine rings is 1. The number of hydrogen-bond acceptors (Lipinski definition) is 6. The van der Waals surface area contributed by atoms with Gasteiger partial charge in [-0.3, -0.25) is 0 Å². The summed E-state index contributed by atoms with van der Waals surface area (Å²) >= 11 is 1.22. The molecule has 118 valence electrons. The highest BCUT2D eigenvalue weighted by Gasteiger charge is 2.33. The van der Waals surface area contributed by atoms with Crippen molar-refractivity contribution in [3.05, 3.63) is 40.8 Å². The Hall–Kier alpha value is -1.35. The maximum absolute atomic E-state index is 12.6. The monoisotopic (exact) mass is 339 g/mol. The highest BCUT2D eigenvalue weighted by atomic mass is 32.2. The number of aromatic nitrogens is 2. The Morgan fingerprint density at radius 2 is 2.05 bits per heavy atom. The van der Waals surface area contributed by atoms with Crippen LogP contribution in [0.2, 0.25) is 0 Å². The van der Waals surface area contributed by atoms with Gasteiger partial charge in [-0.2, -0.15) is 4.31 Å². The Bertz CT molecular complexity index is 739. The van der Waals surface area contributed by atoms with Gasteiger partial charge in [0.05, 0.1) is 6.61 Å². The second-order valence-electron chi connectivity index (χ2n) is 5.16. The van der Waals surface area contributed by atoms with Gasteiger partial charge in [0, 0.05) is 24.5 Å². The standard InChI is InChI=1S/C14H17N3O3S2/c1-10-8-11(2)16-14(15-10)12-9-17(5-6-20-12)22(18,19)13-4-3-7-21-13/h3-4,7-8,12H,5-6,9H2,1-2H3. The van der Waals surface area contributed by atoms with E-state index in [-0.39, 0.29) is 6.54 Å². The van der Waals surface area contributed by atoms with Gasteiger partial charge in [0.2, 0.25) is 0 Å². The quantitative estimate of drug-likeness (QED) is 0.854. The van der Waals surface area contributed by atoms with E-state index in [9.17, 15) is 8.42 Å². The minimum absolute atomic E-state index is 0.239. The topological polar surface area (TPSA) is 72.4 Å². The summed E-state index contributed by atoms with van der Waals surface area (Å²) in [6.45, 7) is 4.71. The second kappa shape index (κ2) is 6.04. The molecule has 3 rings (SSSR count). The lowest BCUT2D eigenvalue weighted by atomic mass is 10.2. The fourth-order valence-corrected chi connectivity index (χ4v) is 5.00. The van der Waals surface area contributed by atoms with Crippen LogP contribution in [0.25, 0.3) is 0 Å². The van der Waals surface area contributed by atoms with Crippen molar-refractivity contribution in [2.24, 2.45) is 0 Å². The van der Waals surface area contributed by atoms with Crippen molar-refractivity contribution in [1.82, 2.24) is 14.3 Å². The zero-order chi connectivity index (χ0) is 15.7. The molecule has 8 heteroatoms. The first kappa shape index (κ1) is 15.5. The molecule has 0 radical (unpaired) electrons. The lowest BCUT2D eigenvalue weighted by Crippen LogP contribution is -2.42. The number of nitrogens with zero attached hydrogens (tertiary/aromatic N) is 3. The molecular formula is C14H17N3O3S2. The maximum atomic E-state index is 12.6. The Kier molecular flexibility index (Phi) is 4.26. The van der Waals surface area contributed by atoms with Crippen molar-refractivity contribution in [3.8, 4) is 0 Å². The summed E-state index contributed by atoms with van der Waals surface area (Å²) in [5.41, 5.74) is 1.70. The lowest BCUT2D eigenvalue weighted by molar-refractivity contribution is -0.00764. The molecule has 6 nitrogen and oxygen atoms in total. The average Bonchev–Trinajstić information content (AvgIpc) is 3.01. The number of thiophene rings is 1. The third kappa shape index (κ3) is 3.05. The Morgan fingerprint density at radius 1 is 1.32 bits per heavy atom. The van der Waals surface area contributed by atoms with Crippen molar-refractivity contribution >= 4 is 21.4 Å². The third-order valence-electron chi connectivity index (χ3n) is 3.41. The van der Waals surface area contributed by atoms with Crippen LogP contribution < -0.4 is 0 Å². The zero-order valence-corrected chi connectivity index (χ0v) is 14.0. The maximum Gasteiger partial charge on any atom is 0.252 e. The van der Waals surface area contributed by atoms with Crippen molar-refractivity contribution in [2.45, 2.75) is 24.2 Å². The van der Waals surface area contributed by atoms with E-state index in [4.69, 9.17) is 4.74 Å². The predicted molar refractivity (Wildman–Crippen MR) is 83.3 cm³/mol. The average molecular weight is 339 g/mol. The minimum Gasteiger partial charge on any atom is -0.367 e. The van der Waals surface area contributed by atoms with E-state index in [0.29, 0.717) is 23.2 Å². The van der Waals surface area contributed by atoms with E-state index < -0.39 is 16.1 Å². The largest absolute Gasteiger partial charge is 0.367 e. The molecule has 3 heterocycles. The van der Waals surface area contributed by atoms with E-state index in [0.717, 1.165) is 11.4 Å². The van der Waals surface area contributed by atoms with Crippen LogP contribution in [0, 0.1) is 13.8 Å². The second-order valence-corrected chi connectivity index (χ2v) is 8.28. The normalized spacial score (nSPS) is 20.2. The lowest BCUT2D eigenvalue weighted by Gasteiger charge is -2.31. The molecule has 2 aromatic rings. The van der Waals surface area contributed by atoms with Gasteiger partial charge in [0.25, 0.3) is 10.0 Å². The van der Waals surface area contributed by atoms with Gasteiger partial charge >= 0.3 is 0 Å². The Morgan fingerprint density at radius 3 is 2.68 bits per heavy atom. The Balaban J connectivity index is 1.86. The van der Waals surface area contributed by atoms with Gasteiger partial charge in [0.15, 0.2) is 5.82 Å². The van der Waals surface area contributed by atoms with E-state index >= 15 is 0 Å². The fourth-order valence-electron chi connectivity index (χ4n) is 2.43. The van der Waals surface area contributed by atoms with Crippen LogP contribution in [0.15, 0.2) is 27.8 Å². The van der Waals surface area contributed by atoms with Gasteiger partial charge in [-0.1, -0.05) is 6.07 Å². The van der Waals surface area contributed by atoms with Gasteiger partial charge in [-0.25, -0.2) is 18.4 Å². The number of hydrogen-bond donors (Lipinski definition) is 0. The van der Waals surface area contributed by atoms with Crippen LogP contribution in [0.1, 0.15) is 23.3 Å². The van der Waals surface area contributed by atoms with Crippen LogP contribution in [-0.4, -0.2) is 42.4 Å². The third-order valence-corrected chi connectivity index (χ3v) is 6.64. The Labute approximate surface area is 133 Å². The first-order chi connectivity index (χ1) is 10.5. The zero-order valence-electron chi connectivity index (χ0n) is 12.4. The predicted octanol–water partition coefficient (Wildman–Crippen LogP) is 1.92. The SMILES string of the molecule is Cc1cc(C)nc(C2CN(S(=O)(=O)c3cccs3)CCO2)n1. The molecule has 0 spiro atoms. The molecule has 0 aliphatic carbocycles. The summed E-state index contributed by atoms with van der Waals surface area (Å²) in [6, 6.07) is 5.24. The molecule has 1 unspecified atom stereocenters. The van der Waals surface area contributed by atoms with Crippen molar-refractivity contribution < 1.29 is 13.2 Å². The molecule has 1 aliphatic rings. The molecule has 22 heavy (non-hydrogen) atoms. The molecule has 1 atom stereocenters. The summed E-state index contributed by atoms with van der Waals surface area (Å²) in [6.07, 6.45) is -0.429. The van der Waals surface area contributed by atoms with E-state index in [1.807, 2.05) is 19.9 Å². The van der Waals surface area contributed by atoms with Gasteiger partial charge in [0.1, 0.15) is 10.3 Å². The molecule has 1 saturated heterocycles. The minimum atomic E-state index is -3.46. The van der Waals surface area contributed by atoms with E-state index in [2.05, 4.69) is 9.97 Å². The highest BCUT2D eigenvalue weighted by molar-refractivity contribution is 7.91. The molecule has 0 amide bonds. The first-order valence-corrected chi connectivity index (χ1v) is 9.26. The van der Waals surface area contributed by atoms with Crippen molar-refractivity contribution in [3.63, 3.8) is 0 Å². The fraction of sp³-hybridized carbons (Fsp3) is 0.429. The molecule has 0 bridgehead atoms. The first-order valence-electron chi connectivity index (χ1n) is 6.94. The number of sulfonamides is 1. The van der Waals surface area contributed by atoms with Crippen LogP contribution in [0.3, 0.4) is 0 Å². The molecule has 2 aromatic heterocycles. The highest BCUT2D eigenvalue weighted by Crippen LogP contribution is 2.27. The van der Waals surface area contributed by atoms with Crippen LogP contribution >= 0.6 is 11.3 Å². The van der Waals surface area contributed by atoms with Crippen molar-refractivity contribution in [1.29, 1.82) is 0 Å². The summed E-state index contributed by atoms with van der Waals surface area (Å²) in [5, 5.41) is 1.76. The van der Waals surface area contributed by atoms with Crippen molar-refractivity contribution in [2.75, 3.05) is 19.7 Å². The van der Waals surface area contributed by atoms with Crippen LogP contribution in [0.4, 0.5) is 0 Å². The molecule has 1 aliphatic heterocycles. The summed E-state index contributed by atoms with van der Waals surface area (Å²) in [7, 11) is -3.46. The van der Waals surface area contributed by atoms with Gasteiger partial charge in [-0.05, 0) is 31.4 Å². The van der Waals surface area contributed by atoms with E-state index in [1.165, 1.54) is 15.6 Å². The van der Waals surface area contributed by atoms with Crippen LogP contribution in [0.5, 0.6) is 0 Å². The number of ether oxygens (including phenoxy) is 1. The summed E-state index contributed by atoms with van der Waals surface area (Å²) < 4.78 is 32.7. The molecule has 0 saturated carbocycles. The molecular weight excluding hydrogens is 322 g/mol. The summed E-state index contributed by atoms with van der Waals surface area (Å²) in [4.78, 5) is 8.76. The number of rotatable bonds is 3. The molecule has 0 aromatic carbocycles. The van der Waals surface area contributed by atoms with E-state index in [1.54, 1.807) is 17.5 Å². The van der Waals surface area contributed by atoms with Crippen LogP contribution in [-0.2, 0) is 14.8 Å². The molecule has 1 fully saturated rings. The summed E-state index contributed by atoms with van der Waals surface area (Å²) in [5.74, 6) is 0.545. The number of aryl methyl sites for hydroxylation is 2. The van der Waals surface area contributed by atoms with Gasteiger partial charge < -0.3 is 4.74 Å². The molecule has 0 N–H and O–H groups in total. The smallest absolute Gasteiger partial charge is 0.252 e.